The summed E-state index contributed by atoms with van der Waals surface area (Å²) < 4.78 is 10.7. The Labute approximate surface area is 169 Å². The number of nitrogens with one attached hydrogen (secondary N) is 1. The van der Waals surface area contributed by atoms with Gasteiger partial charge in [-0.3, -0.25) is 9.59 Å². The van der Waals surface area contributed by atoms with E-state index < -0.39 is 0 Å². The number of aromatic nitrogens is 1. The summed E-state index contributed by atoms with van der Waals surface area (Å²) in [7, 11) is 0. The van der Waals surface area contributed by atoms with E-state index in [2.05, 4.69) is 10.3 Å². The Hall–Kier alpha value is -3.35. The van der Waals surface area contributed by atoms with Crippen LogP contribution < -0.4 is 14.8 Å². The zero-order valence-corrected chi connectivity index (χ0v) is 16.3. The largest absolute Gasteiger partial charge is 0.454 e. The Morgan fingerprint density at radius 1 is 1.21 bits per heavy atom. The summed E-state index contributed by atoms with van der Waals surface area (Å²) in [6.07, 6.45) is 4.85. The summed E-state index contributed by atoms with van der Waals surface area (Å²) in [5, 5.41) is 2.86. The molecular weight excluding hydrogens is 370 g/mol. The van der Waals surface area contributed by atoms with E-state index in [1.165, 1.54) is 0 Å². The lowest BCUT2D eigenvalue weighted by atomic mass is 9.97. The molecule has 7 nitrogen and oxygen atoms in total. The maximum absolute atomic E-state index is 12.6. The van der Waals surface area contributed by atoms with E-state index in [4.69, 9.17) is 9.47 Å². The van der Waals surface area contributed by atoms with Crippen molar-refractivity contribution in [1.29, 1.82) is 0 Å². The van der Waals surface area contributed by atoms with E-state index in [1.807, 2.05) is 37.3 Å². The van der Waals surface area contributed by atoms with Gasteiger partial charge in [0.05, 0.1) is 5.92 Å². The van der Waals surface area contributed by atoms with Crippen LogP contribution in [0.4, 0.5) is 5.82 Å². The fourth-order valence-electron chi connectivity index (χ4n) is 3.52. The highest BCUT2D eigenvalue weighted by molar-refractivity contribution is 5.94. The molecule has 0 saturated carbocycles. The van der Waals surface area contributed by atoms with Gasteiger partial charge in [0.2, 0.25) is 18.6 Å². The quantitative estimate of drug-likeness (QED) is 0.808. The second-order valence-electron chi connectivity index (χ2n) is 7.22. The van der Waals surface area contributed by atoms with Crippen LogP contribution in [-0.4, -0.2) is 41.6 Å². The molecule has 1 fully saturated rings. The number of carbonyl (C=O) groups is 2. The molecule has 1 aromatic heterocycles. The van der Waals surface area contributed by atoms with Crippen molar-refractivity contribution < 1.29 is 19.1 Å². The lowest BCUT2D eigenvalue weighted by Crippen LogP contribution is -2.43. The first kappa shape index (κ1) is 19.0. The molecule has 3 heterocycles. The van der Waals surface area contributed by atoms with Crippen LogP contribution in [0, 0.1) is 12.8 Å². The number of likely N-dealkylation sites (tertiary alicyclic amines) is 1. The van der Waals surface area contributed by atoms with Gasteiger partial charge >= 0.3 is 0 Å². The molecule has 0 spiro atoms. The summed E-state index contributed by atoms with van der Waals surface area (Å²) >= 11 is 0. The zero-order chi connectivity index (χ0) is 20.2. The van der Waals surface area contributed by atoms with Crippen molar-refractivity contribution in [2.75, 3.05) is 25.2 Å². The first-order valence-electron chi connectivity index (χ1n) is 9.70. The van der Waals surface area contributed by atoms with Gasteiger partial charge in [0.1, 0.15) is 5.82 Å². The predicted octanol–water partition coefficient (Wildman–Crippen LogP) is 3.01. The summed E-state index contributed by atoms with van der Waals surface area (Å²) in [4.78, 5) is 31.2. The van der Waals surface area contributed by atoms with Gasteiger partial charge in [-0.2, -0.15) is 0 Å². The Balaban J connectivity index is 1.36. The number of piperidine rings is 1. The molecule has 1 N–H and O–H groups in total. The molecule has 7 heteroatoms. The van der Waals surface area contributed by atoms with Crippen LogP contribution in [0.2, 0.25) is 0 Å². The number of amides is 2. The maximum Gasteiger partial charge on any atom is 0.246 e. The van der Waals surface area contributed by atoms with Crippen LogP contribution in [0.25, 0.3) is 6.08 Å². The molecule has 0 bridgehead atoms. The molecule has 2 aliphatic rings. The Bertz CT molecular complexity index is 957. The number of aryl methyl sites for hydroxylation is 1. The maximum atomic E-state index is 12.6. The summed E-state index contributed by atoms with van der Waals surface area (Å²) in [6.45, 7) is 3.15. The third kappa shape index (κ3) is 4.56. The summed E-state index contributed by atoms with van der Waals surface area (Å²) in [5.41, 5.74) is 1.70. The second kappa shape index (κ2) is 8.34. The van der Waals surface area contributed by atoms with E-state index in [1.54, 1.807) is 23.1 Å². The van der Waals surface area contributed by atoms with E-state index in [9.17, 15) is 9.59 Å². The number of hydrogen-bond donors (Lipinski definition) is 1. The normalized spacial score (nSPS) is 18.1. The Morgan fingerprint density at radius 3 is 2.93 bits per heavy atom. The van der Waals surface area contributed by atoms with Crippen molar-refractivity contribution in [2.45, 2.75) is 19.8 Å². The third-order valence-corrected chi connectivity index (χ3v) is 5.06. The molecule has 0 aliphatic carbocycles. The van der Waals surface area contributed by atoms with Crippen LogP contribution >= 0.6 is 0 Å². The fourth-order valence-corrected chi connectivity index (χ4v) is 3.52. The van der Waals surface area contributed by atoms with Crippen LogP contribution in [0.1, 0.15) is 24.1 Å². The highest BCUT2D eigenvalue weighted by atomic mass is 16.7. The van der Waals surface area contributed by atoms with Crippen molar-refractivity contribution >= 4 is 23.7 Å². The second-order valence-corrected chi connectivity index (χ2v) is 7.22. The van der Waals surface area contributed by atoms with Crippen LogP contribution in [0.5, 0.6) is 11.5 Å². The molecule has 1 saturated heterocycles. The number of hydrogen-bond acceptors (Lipinski definition) is 5. The molecule has 1 atom stereocenters. The number of ether oxygens (including phenoxy) is 2. The van der Waals surface area contributed by atoms with Crippen LogP contribution in [0.3, 0.4) is 0 Å². The lowest BCUT2D eigenvalue weighted by Gasteiger charge is -2.31. The average molecular weight is 393 g/mol. The summed E-state index contributed by atoms with van der Waals surface area (Å²) in [5.74, 6) is 1.49. The number of pyridine rings is 1. The van der Waals surface area contributed by atoms with E-state index in [0.29, 0.717) is 30.4 Å². The molecule has 2 aliphatic heterocycles. The van der Waals surface area contributed by atoms with E-state index in [0.717, 1.165) is 24.1 Å². The summed E-state index contributed by atoms with van der Waals surface area (Å²) in [6, 6.07) is 11.0. The Kier molecular flexibility index (Phi) is 5.46. The van der Waals surface area contributed by atoms with E-state index in [-0.39, 0.29) is 24.5 Å². The number of nitrogens with zero attached hydrogens (tertiary/aromatic N) is 2. The van der Waals surface area contributed by atoms with Gasteiger partial charge in [-0.1, -0.05) is 12.1 Å². The first-order chi connectivity index (χ1) is 14.1. The van der Waals surface area contributed by atoms with Crippen molar-refractivity contribution in [3.05, 3.63) is 53.7 Å². The van der Waals surface area contributed by atoms with Crippen molar-refractivity contribution in [1.82, 2.24) is 9.88 Å². The molecule has 150 valence electrons. The molecule has 29 heavy (non-hydrogen) atoms. The number of carbonyl (C=O) groups excluding carboxylic acids is 2. The fraction of sp³-hybridized carbons (Fsp3) is 0.318. The van der Waals surface area contributed by atoms with Crippen molar-refractivity contribution in [3.8, 4) is 11.5 Å². The predicted molar refractivity (Wildman–Crippen MR) is 109 cm³/mol. The number of anilines is 1. The molecule has 1 unspecified atom stereocenters. The van der Waals surface area contributed by atoms with Crippen LogP contribution in [0.15, 0.2) is 42.5 Å². The molecular formula is C22H23N3O4. The molecule has 4 rings (SSSR count). The average Bonchev–Trinajstić information content (AvgIpc) is 3.20. The molecule has 2 amide bonds. The van der Waals surface area contributed by atoms with Gasteiger partial charge < -0.3 is 19.7 Å². The number of benzene rings is 1. The van der Waals surface area contributed by atoms with Crippen molar-refractivity contribution in [3.63, 3.8) is 0 Å². The minimum absolute atomic E-state index is 0.0969. The lowest BCUT2D eigenvalue weighted by molar-refractivity contribution is -0.130. The number of rotatable bonds is 4. The minimum Gasteiger partial charge on any atom is -0.454 e. The van der Waals surface area contributed by atoms with Gasteiger partial charge in [-0.25, -0.2) is 4.98 Å². The zero-order valence-electron chi connectivity index (χ0n) is 16.3. The van der Waals surface area contributed by atoms with Crippen molar-refractivity contribution in [2.24, 2.45) is 5.92 Å². The Morgan fingerprint density at radius 2 is 2.07 bits per heavy atom. The first-order valence-corrected chi connectivity index (χ1v) is 9.70. The van der Waals surface area contributed by atoms with E-state index >= 15 is 0 Å². The molecule has 0 radical (unpaired) electrons. The standard InChI is InChI=1S/C22H23N3O4/c1-15-4-2-6-20(23-15)24-22(27)17-5-3-11-25(13-17)21(26)10-8-16-7-9-18-19(12-16)29-14-28-18/h2,4,6-10,12,17H,3,5,11,13-14H2,1H3,(H,23,24,27)/b10-8+. The highest BCUT2D eigenvalue weighted by Crippen LogP contribution is 2.32. The smallest absolute Gasteiger partial charge is 0.246 e. The van der Waals surface area contributed by atoms with Crippen LogP contribution in [-0.2, 0) is 9.59 Å². The van der Waals surface area contributed by atoms with Gasteiger partial charge in [-0.05, 0) is 55.7 Å². The monoisotopic (exact) mass is 393 g/mol. The molecule has 1 aromatic carbocycles. The minimum atomic E-state index is -0.242. The third-order valence-electron chi connectivity index (χ3n) is 5.06. The van der Waals surface area contributed by atoms with Gasteiger partial charge in [0.15, 0.2) is 11.5 Å². The molecule has 2 aromatic rings. The van der Waals surface area contributed by atoms with Gasteiger partial charge in [-0.15, -0.1) is 0 Å². The topological polar surface area (TPSA) is 80.8 Å². The number of fused-ring (bicyclic) bond motifs is 1. The highest BCUT2D eigenvalue weighted by Gasteiger charge is 2.27. The van der Waals surface area contributed by atoms with Gasteiger partial charge in [0, 0.05) is 24.9 Å². The SMILES string of the molecule is Cc1cccc(NC(=O)C2CCCN(C(=O)/C=C/c3ccc4c(c3)OCO4)C2)n1. The van der Waals surface area contributed by atoms with Gasteiger partial charge in [0.25, 0.3) is 0 Å².